The van der Waals surface area contributed by atoms with Crippen molar-refractivity contribution in [3.63, 3.8) is 0 Å². The molecule has 2 heteroatoms. The second kappa shape index (κ2) is 6.62. The first kappa shape index (κ1) is 10.9. The fourth-order valence-electron chi connectivity index (χ4n) is 1.37. The van der Waals surface area contributed by atoms with Gasteiger partial charge in [0.1, 0.15) is 0 Å². The Balaban J connectivity index is 3.61. The number of nitrogens with two attached hydrogens (primary N) is 1. The summed E-state index contributed by atoms with van der Waals surface area (Å²) in [4.78, 5) is 0. The summed E-state index contributed by atoms with van der Waals surface area (Å²) in [5.41, 5.74) is 5.53. The van der Waals surface area contributed by atoms with Gasteiger partial charge in [-0.15, -0.1) is 0 Å². The third kappa shape index (κ3) is 4.38. The van der Waals surface area contributed by atoms with Crippen molar-refractivity contribution in [1.82, 2.24) is 0 Å². The van der Waals surface area contributed by atoms with E-state index in [-0.39, 0.29) is 6.10 Å². The lowest BCUT2D eigenvalue weighted by molar-refractivity contribution is 0.0967. The van der Waals surface area contributed by atoms with Gasteiger partial charge in [0.05, 0.1) is 6.10 Å². The Labute approximate surface area is 69.8 Å². The van der Waals surface area contributed by atoms with E-state index in [4.69, 9.17) is 5.73 Å². The second-order valence-electron chi connectivity index (χ2n) is 3.14. The van der Waals surface area contributed by atoms with Crippen molar-refractivity contribution in [2.45, 2.75) is 45.6 Å². The Morgan fingerprint density at radius 2 is 1.73 bits per heavy atom. The van der Waals surface area contributed by atoms with Crippen LogP contribution in [0.3, 0.4) is 0 Å². The van der Waals surface area contributed by atoms with Crippen molar-refractivity contribution < 1.29 is 5.11 Å². The zero-order valence-electron chi connectivity index (χ0n) is 7.71. The predicted molar refractivity (Wildman–Crippen MR) is 48.4 cm³/mol. The number of hydrogen-bond donors (Lipinski definition) is 2. The average molecular weight is 159 g/mol. The van der Waals surface area contributed by atoms with Crippen molar-refractivity contribution in [3.05, 3.63) is 0 Å². The minimum absolute atomic E-state index is 0.176. The van der Waals surface area contributed by atoms with Gasteiger partial charge in [-0.05, 0) is 25.3 Å². The summed E-state index contributed by atoms with van der Waals surface area (Å²) in [7, 11) is 0. The molecule has 0 rings (SSSR count). The molecule has 11 heavy (non-hydrogen) atoms. The fraction of sp³-hybridized carbons (Fsp3) is 1.00. The van der Waals surface area contributed by atoms with Crippen LogP contribution in [-0.2, 0) is 0 Å². The molecular weight excluding hydrogens is 138 g/mol. The third-order valence-electron chi connectivity index (χ3n) is 2.09. The normalized spacial score (nSPS) is 16.4. The van der Waals surface area contributed by atoms with Crippen LogP contribution >= 0.6 is 0 Å². The number of aliphatic hydroxyl groups is 1. The highest BCUT2D eigenvalue weighted by Crippen LogP contribution is 2.13. The van der Waals surface area contributed by atoms with Gasteiger partial charge in [-0.25, -0.2) is 0 Å². The molecule has 0 aliphatic heterocycles. The summed E-state index contributed by atoms with van der Waals surface area (Å²) >= 11 is 0. The molecule has 0 aromatic heterocycles. The third-order valence-corrected chi connectivity index (χ3v) is 2.09. The van der Waals surface area contributed by atoms with Crippen molar-refractivity contribution in [3.8, 4) is 0 Å². The monoisotopic (exact) mass is 159 g/mol. The van der Waals surface area contributed by atoms with Crippen LogP contribution in [0.2, 0.25) is 0 Å². The summed E-state index contributed by atoms with van der Waals surface area (Å²) in [6, 6.07) is 0. The predicted octanol–water partition coefficient (Wildman–Crippen LogP) is 1.52. The van der Waals surface area contributed by atoms with Gasteiger partial charge < -0.3 is 10.8 Å². The Bertz CT molecular complexity index is 85.6. The van der Waals surface area contributed by atoms with Crippen LogP contribution < -0.4 is 5.73 Å². The van der Waals surface area contributed by atoms with Crippen LogP contribution in [0.4, 0.5) is 0 Å². The van der Waals surface area contributed by atoms with Gasteiger partial charge in [0.15, 0.2) is 0 Å². The molecule has 68 valence electrons. The Hall–Kier alpha value is -0.0800. The molecule has 0 saturated heterocycles. The molecule has 0 aliphatic carbocycles. The number of aliphatic hydroxyl groups excluding tert-OH is 1. The highest BCUT2D eigenvalue weighted by atomic mass is 16.3. The minimum atomic E-state index is -0.176. The number of rotatable bonds is 6. The van der Waals surface area contributed by atoms with E-state index in [1.165, 1.54) is 0 Å². The molecule has 0 aromatic carbocycles. The number of hydrogen-bond acceptors (Lipinski definition) is 2. The van der Waals surface area contributed by atoms with Crippen LogP contribution in [0.25, 0.3) is 0 Å². The molecule has 2 unspecified atom stereocenters. The van der Waals surface area contributed by atoms with Gasteiger partial charge in [-0.1, -0.05) is 26.7 Å². The van der Waals surface area contributed by atoms with E-state index in [1.54, 1.807) is 0 Å². The molecule has 0 aromatic rings. The molecule has 3 N–H and O–H groups in total. The van der Waals surface area contributed by atoms with E-state index in [9.17, 15) is 5.11 Å². The zero-order valence-corrected chi connectivity index (χ0v) is 7.71. The summed E-state index contributed by atoms with van der Waals surface area (Å²) in [6.45, 7) is 4.83. The van der Waals surface area contributed by atoms with E-state index in [0.29, 0.717) is 12.5 Å². The summed E-state index contributed by atoms with van der Waals surface area (Å²) in [5.74, 6) is 0.319. The Kier molecular flexibility index (Phi) is 6.57. The van der Waals surface area contributed by atoms with Gasteiger partial charge >= 0.3 is 0 Å². The molecular formula is C9H21NO. The first-order valence-corrected chi connectivity index (χ1v) is 4.64. The largest absolute Gasteiger partial charge is 0.393 e. The topological polar surface area (TPSA) is 46.2 Å². The summed E-state index contributed by atoms with van der Waals surface area (Å²) in [5, 5.41) is 9.56. The van der Waals surface area contributed by atoms with E-state index >= 15 is 0 Å². The quantitative estimate of drug-likeness (QED) is 0.617. The molecule has 0 spiro atoms. The van der Waals surface area contributed by atoms with Crippen LogP contribution in [-0.4, -0.2) is 17.8 Å². The smallest absolute Gasteiger partial charge is 0.0580 e. The van der Waals surface area contributed by atoms with Crippen molar-refractivity contribution in [2.24, 2.45) is 11.7 Å². The molecule has 0 saturated carbocycles. The zero-order chi connectivity index (χ0) is 8.69. The maximum absolute atomic E-state index is 9.56. The first-order valence-electron chi connectivity index (χ1n) is 4.64. The maximum atomic E-state index is 9.56. The van der Waals surface area contributed by atoms with Crippen LogP contribution in [0.1, 0.15) is 39.5 Å². The van der Waals surface area contributed by atoms with Gasteiger partial charge in [0.2, 0.25) is 0 Å². The maximum Gasteiger partial charge on any atom is 0.0580 e. The highest BCUT2D eigenvalue weighted by Gasteiger charge is 2.14. The Morgan fingerprint density at radius 1 is 1.18 bits per heavy atom. The average Bonchev–Trinajstić information content (AvgIpc) is 2.00. The lowest BCUT2D eigenvalue weighted by Gasteiger charge is -2.19. The van der Waals surface area contributed by atoms with Crippen molar-refractivity contribution in [1.29, 1.82) is 0 Å². The second-order valence-corrected chi connectivity index (χ2v) is 3.14. The molecule has 0 aliphatic rings. The van der Waals surface area contributed by atoms with Crippen LogP contribution in [0.5, 0.6) is 0 Å². The SMILES string of the molecule is CCCC(O)C(CN)CCC. The summed E-state index contributed by atoms with van der Waals surface area (Å²) < 4.78 is 0. The van der Waals surface area contributed by atoms with E-state index in [0.717, 1.165) is 25.7 Å². The van der Waals surface area contributed by atoms with Gasteiger partial charge in [0, 0.05) is 0 Å². The van der Waals surface area contributed by atoms with Crippen LogP contribution in [0.15, 0.2) is 0 Å². The lowest BCUT2D eigenvalue weighted by Crippen LogP contribution is -2.27. The summed E-state index contributed by atoms with van der Waals surface area (Å²) in [6.07, 6.45) is 3.92. The van der Waals surface area contributed by atoms with Crippen molar-refractivity contribution >= 4 is 0 Å². The van der Waals surface area contributed by atoms with Crippen molar-refractivity contribution in [2.75, 3.05) is 6.54 Å². The van der Waals surface area contributed by atoms with Gasteiger partial charge in [-0.3, -0.25) is 0 Å². The van der Waals surface area contributed by atoms with Crippen LogP contribution in [0, 0.1) is 5.92 Å². The molecule has 0 amide bonds. The molecule has 2 nitrogen and oxygen atoms in total. The van der Waals surface area contributed by atoms with E-state index < -0.39 is 0 Å². The highest BCUT2D eigenvalue weighted by molar-refractivity contribution is 4.68. The molecule has 2 atom stereocenters. The minimum Gasteiger partial charge on any atom is -0.393 e. The first-order chi connectivity index (χ1) is 5.26. The van der Waals surface area contributed by atoms with E-state index in [2.05, 4.69) is 13.8 Å². The van der Waals surface area contributed by atoms with Gasteiger partial charge in [0.25, 0.3) is 0 Å². The fourth-order valence-corrected chi connectivity index (χ4v) is 1.37. The molecule has 0 fully saturated rings. The molecule has 0 bridgehead atoms. The Morgan fingerprint density at radius 3 is 2.09 bits per heavy atom. The standard InChI is InChI=1S/C9H21NO/c1-3-5-8(7-10)9(11)6-4-2/h8-9,11H,3-7,10H2,1-2H3. The lowest BCUT2D eigenvalue weighted by atomic mass is 9.94. The van der Waals surface area contributed by atoms with E-state index in [1.807, 2.05) is 0 Å². The molecule has 0 heterocycles. The van der Waals surface area contributed by atoms with Gasteiger partial charge in [-0.2, -0.15) is 0 Å². The molecule has 0 radical (unpaired) electrons.